The van der Waals surface area contributed by atoms with Crippen LogP contribution in [0.15, 0.2) is 23.4 Å². The van der Waals surface area contributed by atoms with E-state index in [9.17, 15) is 10.1 Å². The molecule has 0 aromatic rings. The molecule has 10 heavy (non-hydrogen) atoms. The van der Waals surface area contributed by atoms with Gasteiger partial charge in [-0.3, -0.25) is 10.1 Å². The first-order valence-corrected chi connectivity index (χ1v) is 3.22. The Balaban J connectivity index is 2.89. The lowest BCUT2D eigenvalue weighted by molar-refractivity contribution is -0.429. The average Bonchev–Trinajstić information content (AvgIpc) is 1.88. The molecule has 0 heterocycles. The number of nitrogens with zero attached hydrogens (tertiary/aromatic N) is 1. The molecule has 3 heteroatoms. The van der Waals surface area contributed by atoms with E-state index in [1.165, 1.54) is 0 Å². The van der Waals surface area contributed by atoms with Crippen molar-refractivity contribution in [2.45, 2.75) is 19.8 Å². The highest BCUT2D eigenvalue weighted by Crippen LogP contribution is 2.18. The van der Waals surface area contributed by atoms with Crippen LogP contribution >= 0.6 is 0 Å². The molecule has 0 radical (unpaired) electrons. The van der Waals surface area contributed by atoms with Crippen LogP contribution < -0.4 is 0 Å². The monoisotopic (exact) mass is 139 g/mol. The SMILES string of the molecule is CC1=C([N+](=O)[O-])CCC=C1. The van der Waals surface area contributed by atoms with Gasteiger partial charge in [-0.05, 0) is 13.3 Å². The van der Waals surface area contributed by atoms with Gasteiger partial charge in [0.05, 0.1) is 4.92 Å². The van der Waals surface area contributed by atoms with Gasteiger partial charge in [0.25, 0.3) is 0 Å². The van der Waals surface area contributed by atoms with Gasteiger partial charge in [0.15, 0.2) is 0 Å². The fraction of sp³-hybridized carbons (Fsp3) is 0.429. The van der Waals surface area contributed by atoms with Crippen molar-refractivity contribution in [1.29, 1.82) is 0 Å². The van der Waals surface area contributed by atoms with Gasteiger partial charge in [0.1, 0.15) is 0 Å². The molecule has 3 nitrogen and oxygen atoms in total. The van der Waals surface area contributed by atoms with E-state index >= 15 is 0 Å². The van der Waals surface area contributed by atoms with Gasteiger partial charge in [-0.1, -0.05) is 12.2 Å². The molecule has 1 rings (SSSR count). The van der Waals surface area contributed by atoms with Crippen molar-refractivity contribution < 1.29 is 4.92 Å². The van der Waals surface area contributed by atoms with E-state index in [4.69, 9.17) is 0 Å². The summed E-state index contributed by atoms with van der Waals surface area (Å²) >= 11 is 0. The van der Waals surface area contributed by atoms with Gasteiger partial charge in [0, 0.05) is 12.0 Å². The van der Waals surface area contributed by atoms with Crippen molar-refractivity contribution >= 4 is 0 Å². The molecule has 0 N–H and O–H groups in total. The van der Waals surface area contributed by atoms with Crippen LogP contribution in [-0.4, -0.2) is 4.92 Å². The van der Waals surface area contributed by atoms with E-state index < -0.39 is 0 Å². The van der Waals surface area contributed by atoms with Gasteiger partial charge in [-0.25, -0.2) is 0 Å². The molecule has 0 fully saturated rings. The minimum absolute atomic E-state index is 0.293. The third kappa shape index (κ3) is 1.23. The molecule has 1 aliphatic carbocycles. The fourth-order valence-corrected chi connectivity index (χ4v) is 1.01. The van der Waals surface area contributed by atoms with Gasteiger partial charge in [-0.15, -0.1) is 0 Å². The van der Waals surface area contributed by atoms with E-state index in [-0.39, 0.29) is 4.92 Å². The quantitative estimate of drug-likeness (QED) is 0.411. The summed E-state index contributed by atoms with van der Waals surface area (Å²) in [5.41, 5.74) is 1.15. The predicted octanol–water partition coefficient (Wildman–Crippen LogP) is 1.89. The van der Waals surface area contributed by atoms with E-state index in [1.54, 1.807) is 6.92 Å². The Bertz CT molecular complexity index is 216. The minimum atomic E-state index is -0.293. The molecule has 0 aromatic carbocycles. The molecule has 0 saturated heterocycles. The zero-order valence-electron chi connectivity index (χ0n) is 5.83. The lowest BCUT2D eigenvalue weighted by Gasteiger charge is -2.03. The van der Waals surface area contributed by atoms with Gasteiger partial charge in [0.2, 0.25) is 5.70 Å². The van der Waals surface area contributed by atoms with Gasteiger partial charge >= 0.3 is 0 Å². The van der Waals surface area contributed by atoms with Crippen LogP contribution in [0.3, 0.4) is 0 Å². The van der Waals surface area contributed by atoms with Crippen LogP contribution in [0, 0.1) is 10.1 Å². The van der Waals surface area contributed by atoms with E-state index in [1.807, 2.05) is 12.2 Å². The second-order valence-corrected chi connectivity index (χ2v) is 2.33. The molecule has 0 spiro atoms. The Labute approximate surface area is 59.2 Å². The Morgan fingerprint density at radius 2 is 2.40 bits per heavy atom. The fourth-order valence-electron chi connectivity index (χ4n) is 1.01. The molecule has 1 aliphatic rings. The Morgan fingerprint density at radius 1 is 1.70 bits per heavy atom. The van der Waals surface area contributed by atoms with Crippen molar-refractivity contribution in [1.82, 2.24) is 0 Å². The van der Waals surface area contributed by atoms with Crippen LogP contribution in [0.1, 0.15) is 19.8 Å². The summed E-state index contributed by atoms with van der Waals surface area (Å²) < 4.78 is 0. The highest BCUT2D eigenvalue weighted by Gasteiger charge is 2.14. The van der Waals surface area contributed by atoms with Crippen LogP contribution in [-0.2, 0) is 0 Å². The molecule has 0 aliphatic heterocycles. The smallest absolute Gasteiger partial charge is 0.249 e. The Kier molecular flexibility index (Phi) is 1.85. The molecule has 0 bridgehead atoms. The third-order valence-electron chi connectivity index (χ3n) is 1.59. The Hall–Kier alpha value is -1.12. The molecule has 0 aromatic heterocycles. The maximum atomic E-state index is 10.3. The van der Waals surface area contributed by atoms with Crippen LogP contribution in [0.25, 0.3) is 0 Å². The predicted molar refractivity (Wildman–Crippen MR) is 38.1 cm³/mol. The van der Waals surface area contributed by atoms with Crippen LogP contribution in [0.2, 0.25) is 0 Å². The lowest BCUT2D eigenvalue weighted by atomic mass is 10.1. The molecule has 0 saturated carbocycles. The normalized spacial score (nSPS) is 17.7. The maximum absolute atomic E-state index is 10.3. The number of allylic oxidation sites excluding steroid dienone is 4. The molecule has 0 unspecified atom stereocenters. The van der Waals surface area contributed by atoms with Crippen LogP contribution in [0.4, 0.5) is 0 Å². The summed E-state index contributed by atoms with van der Waals surface area (Å²) in [7, 11) is 0. The molecule has 54 valence electrons. The molecule has 0 amide bonds. The summed E-state index contributed by atoms with van der Waals surface area (Å²) in [6.45, 7) is 1.77. The minimum Gasteiger partial charge on any atom is -0.259 e. The third-order valence-corrected chi connectivity index (χ3v) is 1.59. The van der Waals surface area contributed by atoms with Crippen LogP contribution in [0.5, 0.6) is 0 Å². The average molecular weight is 139 g/mol. The standard InChI is InChI=1S/C7H9NO2/c1-6-4-2-3-5-7(6)8(9)10/h2,4H,3,5H2,1H3. The van der Waals surface area contributed by atoms with E-state index in [0.29, 0.717) is 12.1 Å². The summed E-state index contributed by atoms with van der Waals surface area (Å²) in [5, 5.41) is 10.3. The zero-order chi connectivity index (χ0) is 7.56. The molecule has 0 atom stereocenters. The van der Waals surface area contributed by atoms with Crippen molar-refractivity contribution in [2.75, 3.05) is 0 Å². The summed E-state index contributed by atoms with van der Waals surface area (Å²) in [5.74, 6) is 0. The number of rotatable bonds is 1. The summed E-state index contributed by atoms with van der Waals surface area (Å²) in [4.78, 5) is 9.99. The molecular weight excluding hydrogens is 130 g/mol. The summed E-state index contributed by atoms with van der Waals surface area (Å²) in [6.07, 6.45) is 5.15. The highest BCUT2D eigenvalue weighted by molar-refractivity contribution is 5.23. The first-order chi connectivity index (χ1) is 4.72. The summed E-state index contributed by atoms with van der Waals surface area (Å²) in [6, 6.07) is 0. The van der Waals surface area contributed by atoms with Gasteiger partial charge < -0.3 is 0 Å². The van der Waals surface area contributed by atoms with E-state index in [2.05, 4.69) is 0 Å². The maximum Gasteiger partial charge on any atom is 0.249 e. The topological polar surface area (TPSA) is 43.1 Å². The number of hydrogen-bond donors (Lipinski definition) is 0. The second kappa shape index (κ2) is 2.64. The number of hydrogen-bond acceptors (Lipinski definition) is 2. The van der Waals surface area contributed by atoms with Crippen molar-refractivity contribution in [2.24, 2.45) is 0 Å². The number of nitro groups is 1. The van der Waals surface area contributed by atoms with Crippen molar-refractivity contribution in [3.8, 4) is 0 Å². The largest absolute Gasteiger partial charge is 0.259 e. The highest BCUT2D eigenvalue weighted by atomic mass is 16.6. The Morgan fingerprint density at radius 3 is 2.80 bits per heavy atom. The first-order valence-electron chi connectivity index (χ1n) is 3.22. The zero-order valence-corrected chi connectivity index (χ0v) is 5.83. The van der Waals surface area contributed by atoms with Crippen molar-refractivity contribution in [3.63, 3.8) is 0 Å². The molecular formula is C7H9NO2. The van der Waals surface area contributed by atoms with Crippen molar-refractivity contribution in [3.05, 3.63) is 33.5 Å². The van der Waals surface area contributed by atoms with E-state index in [0.717, 1.165) is 12.0 Å². The second-order valence-electron chi connectivity index (χ2n) is 2.33. The van der Waals surface area contributed by atoms with Gasteiger partial charge in [-0.2, -0.15) is 0 Å². The lowest BCUT2D eigenvalue weighted by Crippen LogP contribution is -2.03. The first kappa shape index (κ1) is 6.99.